The molecule has 0 aromatic carbocycles. The molecular weight excluding hydrogens is 218 g/mol. The maximum atomic E-state index is 4.92. The van der Waals surface area contributed by atoms with E-state index in [1.54, 1.807) is 13.3 Å². The van der Waals surface area contributed by atoms with Gasteiger partial charge in [0, 0.05) is 25.7 Å². The lowest BCUT2D eigenvalue weighted by Gasteiger charge is -2.04. The van der Waals surface area contributed by atoms with Gasteiger partial charge < -0.3 is 14.4 Å². The van der Waals surface area contributed by atoms with Gasteiger partial charge in [0.05, 0.1) is 18.6 Å². The molecule has 0 aliphatic rings. The molecule has 92 valence electrons. The van der Waals surface area contributed by atoms with Crippen molar-refractivity contribution in [3.05, 3.63) is 29.9 Å². The van der Waals surface area contributed by atoms with Gasteiger partial charge in [0.1, 0.15) is 0 Å². The second kappa shape index (κ2) is 5.09. The highest BCUT2D eigenvalue weighted by Gasteiger charge is 2.05. The Morgan fingerprint density at radius 3 is 2.94 bits per heavy atom. The van der Waals surface area contributed by atoms with Gasteiger partial charge in [-0.1, -0.05) is 19.0 Å². The summed E-state index contributed by atoms with van der Waals surface area (Å²) in [7, 11) is 0. The first-order chi connectivity index (χ1) is 8.13. The van der Waals surface area contributed by atoms with Gasteiger partial charge in [0.15, 0.2) is 5.82 Å². The third-order valence-corrected chi connectivity index (χ3v) is 2.27. The van der Waals surface area contributed by atoms with Crippen LogP contribution >= 0.6 is 0 Å². The summed E-state index contributed by atoms with van der Waals surface area (Å²) < 4.78 is 6.86. The first kappa shape index (κ1) is 11.8. The Morgan fingerprint density at radius 2 is 2.29 bits per heavy atom. The van der Waals surface area contributed by atoms with Crippen LogP contribution in [0.25, 0.3) is 0 Å². The Bertz CT molecular complexity index is 474. The summed E-state index contributed by atoms with van der Waals surface area (Å²) >= 11 is 0. The van der Waals surface area contributed by atoms with Crippen LogP contribution in [0.5, 0.6) is 0 Å². The molecule has 2 aromatic rings. The number of nitrogens with one attached hydrogen (secondary N) is 1. The molecule has 6 nitrogen and oxygen atoms in total. The average Bonchev–Trinajstić information content (AvgIpc) is 2.86. The van der Waals surface area contributed by atoms with E-state index in [1.807, 2.05) is 10.8 Å². The van der Waals surface area contributed by atoms with E-state index in [9.17, 15) is 0 Å². The van der Waals surface area contributed by atoms with Crippen LogP contribution in [0, 0.1) is 6.92 Å². The highest BCUT2D eigenvalue weighted by Crippen LogP contribution is 2.01. The second-order valence-corrected chi connectivity index (χ2v) is 4.30. The van der Waals surface area contributed by atoms with E-state index in [1.165, 1.54) is 0 Å². The van der Waals surface area contributed by atoms with Crippen molar-refractivity contribution >= 4 is 0 Å². The molecule has 0 aliphatic carbocycles. The van der Waals surface area contributed by atoms with E-state index in [0.717, 1.165) is 12.2 Å². The summed E-state index contributed by atoms with van der Waals surface area (Å²) in [5.41, 5.74) is 1.01. The molecular formula is C11H17N5O. The molecule has 0 bridgehead atoms. The fourth-order valence-corrected chi connectivity index (χ4v) is 1.46. The van der Waals surface area contributed by atoms with Crippen molar-refractivity contribution < 1.29 is 4.52 Å². The highest BCUT2D eigenvalue weighted by molar-refractivity contribution is 4.98. The van der Waals surface area contributed by atoms with Crippen LogP contribution in [0.15, 0.2) is 17.0 Å². The number of nitrogens with zero attached hydrogens (tertiary/aromatic N) is 4. The van der Waals surface area contributed by atoms with Crippen LogP contribution in [-0.2, 0) is 13.1 Å². The summed E-state index contributed by atoms with van der Waals surface area (Å²) in [4.78, 5) is 8.45. The Labute approximate surface area is 100 Å². The smallest absolute Gasteiger partial charge is 0.223 e. The molecule has 17 heavy (non-hydrogen) atoms. The summed E-state index contributed by atoms with van der Waals surface area (Å²) in [6.07, 6.45) is 3.77. The lowest BCUT2D eigenvalue weighted by Crippen LogP contribution is -2.21. The van der Waals surface area contributed by atoms with Crippen LogP contribution in [0.3, 0.4) is 0 Å². The maximum absolute atomic E-state index is 4.92. The van der Waals surface area contributed by atoms with Crippen molar-refractivity contribution in [2.45, 2.75) is 39.9 Å². The lowest BCUT2D eigenvalue weighted by atomic mass is 10.3. The molecule has 1 N–H and O–H groups in total. The first-order valence-corrected chi connectivity index (χ1v) is 5.66. The van der Waals surface area contributed by atoms with Gasteiger partial charge in [-0.2, -0.15) is 4.98 Å². The topological polar surface area (TPSA) is 68.8 Å². The molecule has 0 amide bonds. The highest BCUT2D eigenvalue weighted by atomic mass is 16.5. The van der Waals surface area contributed by atoms with E-state index >= 15 is 0 Å². The molecule has 0 unspecified atom stereocenters. The Balaban J connectivity index is 1.94. The Kier molecular flexibility index (Phi) is 3.53. The maximum Gasteiger partial charge on any atom is 0.223 e. The Morgan fingerprint density at radius 1 is 1.47 bits per heavy atom. The molecule has 0 fully saturated rings. The lowest BCUT2D eigenvalue weighted by molar-refractivity contribution is 0.386. The monoisotopic (exact) mass is 235 g/mol. The molecule has 0 spiro atoms. The van der Waals surface area contributed by atoms with Crippen LogP contribution < -0.4 is 5.32 Å². The van der Waals surface area contributed by atoms with Crippen molar-refractivity contribution in [2.75, 3.05) is 0 Å². The minimum atomic E-state index is 0.458. The van der Waals surface area contributed by atoms with Crippen molar-refractivity contribution in [3.63, 3.8) is 0 Å². The zero-order chi connectivity index (χ0) is 12.3. The average molecular weight is 235 g/mol. The third-order valence-electron chi connectivity index (χ3n) is 2.27. The van der Waals surface area contributed by atoms with Crippen LogP contribution in [0.1, 0.15) is 31.3 Å². The number of aromatic nitrogens is 4. The summed E-state index contributed by atoms with van der Waals surface area (Å²) in [6, 6.07) is 0.458. The van der Waals surface area contributed by atoms with Crippen molar-refractivity contribution in [3.8, 4) is 0 Å². The number of aryl methyl sites for hydroxylation is 1. The zero-order valence-electron chi connectivity index (χ0n) is 10.3. The molecule has 0 saturated heterocycles. The largest absolute Gasteiger partial charge is 0.340 e. The van der Waals surface area contributed by atoms with Gasteiger partial charge in [-0.05, 0) is 0 Å². The number of hydrogen-bond donors (Lipinski definition) is 1. The summed E-state index contributed by atoms with van der Waals surface area (Å²) in [5.74, 6) is 1.25. The molecule has 2 heterocycles. The van der Waals surface area contributed by atoms with Gasteiger partial charge in [-0.15, -0.1) is 0 Å². The molecule has 0 aliphatic heterocycles. The summed E-state index contributed by atoms with van der Waals surface area (Å²) in [5, 5.41) is 7.16. The van der Waals surface area contributed by atoms with E-state index in [4.69, 9.17) is 4.52 Å². The van der Waals surface area contributed by atoms with Crippen molar-refractivity contribution in [2.24, 2.45) is 0 Å². The van der Waals surface area contributed by atoms with Gasteiger partial charge in [0.2, 0.25) is 5.89 Å². The molecule has 2 rings (SSSR count). The van der Waals surface area contributed by atoms with Crippen LogP contribution in [0.2, 0.25) is 0 Å². The summed E-state index contributed by atoms with van der Waals surface area (Å²) in [6.45, 7) is 7.36. The van der Waals surface area contributed by atoms with Crippen molar-refractivity contribution in [1.29, 1.82) is 0 Å². The quantitative estimate of drug-likeness (QED) is 0.841. The minimum Gasteiger partial charge on any atom is -0.340 e. The van der Waals surface area contributed by atoms with Crippen LogP contribution in [-0.4, -0.2) is 25.7 Å². The van der Waals surface area contributed by atoms with Gasteiger partial charge in [0.25, 0.3) is 0 Å². The minimum absolute atomic E-state index is 0.458. The van der Waals surface area contributed by atoms with Crippen molar-refractivity contribution in [1.82, 2.24) is 25.0 Å². The predicted molar refractivity (Wildman–Crippen MR) is 62.3 cm³/mol. The number of rotatable bonds is 5. The molecule has 0 saturated carbocycles. The second-order valence-electron chi connectivity index (χ2n) is 4.30. The van der Waals surface area contributed by atoms with E-state index in [-0.39, 0.29) is 0 Å². The fraction of sp³-hybridized carbons (Fsp3) is 0.545. The number of imidazole rings is 1. The normalized spacial score (nSPS) is 11.3. The van der Waals surface area contributed by atoms with Gasteiger partial charge >= 0.3 is 0 Å². The van der Waals surface area contributed by atoms with Gasteiger partial charge in [-0.25, -0.2) is 4.98 Å². The SMILES string of the molecule is Cc1nc(Cn2cnc(CNC(C)C)c2)no1. The zero-order valence-corrected chi connectivity index (χ0v) is 10.3. The van der Waals surface area contributed by atoms with E-state index < -0.39 is 0 Å². The van der Waals surface area contributed by atoms with E-state index in [0.29, 0.717) is 24.3 Å². The third kappa shape index (κ3) is 3.39. The molecule has 6 heteroatoms. The van der Waals surface area contributed by atoms with Crippen LogP contribution in [0.4, 0.5) is 0 Å². The number of hydrogen-bond acceptors (Lipinski definition) is 5. The first-order valence-electron chi connectivity index (χ1n) is 5.66. The van der Waals surface area contributed by atoms with Gasteiger partial charge in [-0.3, -0.25) is 0 Å². The standard InChI is InChI=1S/C11H17N5O/c1-8(2)12-4-10-5-16(7-13-10)6-11-14-9(3)17-15-11/h5,7-8,12H,4,6H2,1-3H3. The molecule has 0 atom stereocenters. The van der Waals surface area contributed by atoms with E-state index in [2.05, 4.69) is 34.3 Å². The fourth-order valence-electron chi connectivity index (χ4n) is 1.46. The molecule has 0 radical (unpaired) electrons. The predicted octanol–water partition coefficient (Wildman–Crippen LogP) is 1.12. The molecule has 2 aromatic heterocycles. The Hall–Kier alpha value is -1.69.